The lowest BCUT2D eigenvalue weighted by molar-refractivity contribution is -0.0257. The number of amides is 2. The molecule has 27 heavy (non-hydrogen) atoms. The first-order valence-corrected chi connectivity index (χ1v) is 10.2. The number of piperidine rings is 1. The Balaban J connectivity index is 2.02. The van der Waals surface area contributed by atoms with Crippen LogP contribution in [0.5, 0.6) is 5.75 Å². The van der Waals surface area contributed by atoms with E-state index in [2.05, 4.69) is 11.3 Å². The predicted molar refractivity (Wildman–Crippen MR) is 103 cm³/mol. The fourth-order valence-electron chi connectivity index (χ4n) is 2.87. The summed E-state index contributed by atoms with van der Waals surface area (Å²) >= 11 is 0. The van der Waals surface area contributed by atoms with Gasteiger partial charge < -0.3 is 9.64 Å². The van der Waals surface area contributed by atoms with Gasteiger partial charge in [-0.15, -0.1) is 0 Å². The molecule has 0 saturated carbocycles. The van der Waals surface area contributed by atoms with Crippen molar-refractivity contribution >= 4 is 21.7 Å². The summed E-state index contributed by atoms with van der Waals surface area (Å²) in [6, 6.07) is 5.94. The van der Waals surface area contributed by atoms with E-state index in [4.69, 9.17) is 4.74 Å². The lowest BCUT2D eigenvalue weighted by atomic mass is 10.1. The molecule has 0 radical (unpaired) electrons. The highest BCUT2D eigenvalue weighted by Crippen LogP contribution is 2.24. The number of nitrogens with one attached hydrogen (secondary N) is 1. The van der Waals surface area contributed by atoms with Crippen molar-refractivity contribution in [2.24, 2.45) is 0 Å². The van der Waals surface area contributed by atoms with E-state index in [1.807, 2.05) is 0 Å². The Labute approximate surface area is 159 Å². The molecule has 1 aliphatic rings. The van der Waals surface area contributed by atoms with E-state index in [1.54, 1.807) is 36.2 Å². The first kappa shape index (κ1) is 21.2. The lowest BCUT2D eigenvalue weighted by Gasteiger charge is -2.35. The minimum absolute atomic E-state index is 0.239. The smallest absolute Gasteiger partial charge is 0.324 e. The van der Waals surface area contributed by atoms with Crippen LogP contribution in [0.1, 0.15) is 26.7 Å². The van der Waals surface area contributed by atoms with Gasteiger partial charge in [-0.2, -0.15) is 4.39 Å². The van der Waals surface area contributed by atoms with Crippen molar-refractivity contribution in [3.63, 3.8) is 0 Å². The molecule has 0 aromatic heterocycles. The number of nitrogens with zero attached hydrogens (tertiary/aromatic N) is 2. The maximum absolute atomic E-state index is 13.5. The summed E-state index contributed by atoms with van der Waals surface area (Å²) in [6.45, 7) is 6.73. The fourth-order valence-corrected chi connectivity index (χ4v) is 3.62. The van der Waals surface area contributed by atoms with Crippen molar-refractivity contribution in [1.82, 2.24) is 9.62 Å². The number of hydrogen-bond acceptors (Lipinski definition) is 4. The molecule has 0 spiro atoms. The van der Waals surface area contributed by atoms with Crippen molar-refractivity contribution in [3.05, 3.63) is 36.3 Å². The Kier molecular flexibility index (Phi) is 6.48. The van der Waals surface area contributed by atoms with Crippen molar-refractivity contribution in [2.75, 3.05) is 25.0 Å². The zero-order valence-corrected chi connectivity index (χ0v) is 16.6. The Morgan fingerprint density at radius 2 is 2.04 bits per heavy atom. The molecular weight excluding hydrogens is 373 g/mol. The summed E-state index contributed by atoms with van der Waals surface area (Å²) in [7, 11) is -1.91. The van der Waals surface area contributed by atoms with Gasteiger partial charge in [0.05, 0.1) is 0 Å². The zero-order valence-electron chi connectivity index (χ0n) is 15.8. The minimum Gasteiger partial charge on any atom is -0.459 e. The molecule has 1 heterocycles. The third-order valence-electron chi connectivity index (χ3n) is 4.11. The van der Waals surface area contributed by atoms with Crippen molar-refractivity contribution in [1.29, 1.82) is 0 Å². The molecular formula is C18H26FN3O4S. The molecule has 1 atom stereocenters. The average molecular weight is 399 g/mol. The molecule has 0 bridgehead atoms. The van der Waals surface area contributed by atoms with E-state index in [0.717, 1.165) is 5.41 Å². The molecule has 150 valence electrons. The average Bonchev–Trinajstić information content (AvgIpc) is 2.59. The second-order valence-corrected chi connectivity index (χ2v) is 8.57. The molecule has 1 N–H and O–H groups in total. The van der Waals surface area contributed by atoms with Gasteiger partial charge in [0.1, 0.15) is 5.75 Å². The van der Waals surface area contributed by atoms with E-state index in [9.17, 15) is 17.6 Å². The molecule has 0 unspecified atom stereocenters. The van der Waals surface area contributed by atoms with Gasteiger partial charge in [-0.1, -0.05) is 6.58 Å². The largest absolute Gasteiger partial charge is 0.459 e. The monoisotopic (exact) mass is 399 g/mol. The van der Waals surface area contributed by atoms with Crippen LogP contribution in [0.3, 0.4) is 0 Å². The SMILES string of the molecule is C=CS(=O)(=O)N[C@@H]1CCCN(C(=O)N(C)c2ccc(OC(C)(C)F)cc2)C1. The molecule has 2 rings (SSSR count). The summed E-state index contributed by atoms with van der Waals surface area (Å²) in [5.74, 6) is -1.42. The third kappa shape index (κ3) is 6.21. The Morgan fingerprint density at radius 3 is 2.59 bits per heavy atom. The molecule has 9 heteroatoms. The zero-order chi connectivity index (χ0) is 20.2. The van der Waals surface area contributed by atoms with Gasteiger partial charge in [0.15, 0.2) is 0 Å². The van der Waals surface area contributed by atoms with Crippen LogP contribution in [0.2, 0.25) is 0 Å². The van der Waals surface area contributed by atoms with Crippen LogP contribution in [-0.4, -0.2) is 51.4 Å². The van der Waals surface area contributed by atoms with Gasteiger partial charge >= 0.3 is 6.03 Å². The number of carbonyl (C=O) groups is 1. The van der Waals surface area contributed by atoms with Crippen LogP contribution < -0.4 is 14.4 Å². The molecule has 1 saturated heterocycles. The van der Waals surface area contributed by atoms with E-state index in [1.165, 1.54) is 18.7 Å². The molecule has 1 aromatic rings. The van der Waals surface area contributed by atoms with Crippen LogP contribution in [0.4, 0.5) is 14.9 Å². The lowest BCUT2D eigenvalue weighted by Crippen LogP contribution is -2.52. The number of rotatable bonds is 6. The van der Waals surface area contributed by atoms with Gasteiger partial charge in [0, 0.05) is 51.1 Å². The summed E-state index contributed by atoms with van der Waals surface area (Å²) in [4.78, 5) is 15.8. The van der Waals surface area contributed by atoms with Crippen LogP contribution in [0, 0.1) is 0 Å². The van der Waals surface area contributed by atoms with Gasteiger partial charge in [0.2, 0.25) is 15.9 Å². The number of benzene rings is 1. The molecule has 1 aromatic carbocycles. The fraction of sp³-hybridized carbons (Fsp3) is 0.500. The third-order valence-corrected chi connectivity index (χ3v) is 5.21. The van der Waals surface area contributed by atoms with Crippen LogP contribution in [-0.2, 0) is 10.0 Å². The highest BCUT2D eigenvalue weighted by Gasteiger charge is 2.28. The van der Waals surface area contributed by atoms with Crippen molar-refractivity contribution in [2.45, 2.75) is 38.6 Å². The van der Waals surface area contributed by atoms with E-state index >= 15 is 0 Å². The summed E-state index contributed by atoms with van der Waals surface area (Å²) < 4.78 is 44.5. The number of carbonyl (C=O) groups excluding carboxylic acids is 1. The molecule has 1 aliphatic heterocycles. The molecule has 1 fully saturated rings. The number of anilines is 1. The number of ether oxygens (including phenoxy) is 1. The van der Waals surface area contributed by atoms with Crippen LogP contribution in [0.25, 0.3) is 0 Å². The van der Waals surface area contributed by atoms with Crippen molar-refractivity contribution in [3.8, 4) is 5.75 Å². The standard InChI is InChI=1S/C18H26FN3O4S/c1-5-27(24,25)20-14-7-6-12-22(13-14)17(23)21(4)15-8-10-16(11-9-15)26-18(2,3)19/h5,8-11,14,20H,1,6-7,12-13H2,2-4H3/t14-/m1/s1. The van der Waals surface area contributed by atoms with Gasteiger partial charge in [-0.25, -0.2) is 17.9 Å². The topological polar surface area (TPSA) is 79.0 Å². The van der Waals surface area contributed by atoms with E-state index < -0.39 is 15.9 Å². The summed E-state index contributed by atoms with van der Waals surface area (Å²) in [5, 5.41) is 0.863. The molecule has 7 nitrogen and oxygen atoms in total. The number of alkyl halides is 1. The quantitative estimate of drug-likeness (QED) is 0.798. The summed E-state index contributed by atoms with van der Waals surface area (Å²) in [5.41, 5.74) is 0.623. The van der Waals surface area contributed by atoms with E-state index in [-0.39, 0.29) is 18.6 Å². The highest BCUT2D eigenvalue weighted by molar-refractivity contribution is 7.92. The normalized spacial score (nSPS) is 18.1. The van der Waals surface area contributed by atoms with Gasteiger partial charge in [-0.05, 0) is 37.1 Å². The van der Waals surface area contributed by atoms with Crippen molar-refractivity contribution < 1.29 is 22.3 Å². The number of sulfonamides is 1. The minimum atomic E-state index is -3.54. The summed E-state index contributed by atoms with van der Waals surface area (Å²) in [6.07, 6.45) is 1.36. The Morgan fingerprint density at radius 1 is 1.41 bits per heavy atom. The highest BCUT2D eigenvalue weighted by atomic mass is 32.2. The number of likely N-dealkylation sites (tertiary alicyclic amines) is 1. The van der Waals surface area contributed by atoms with E-state index in [0.29, 0.717) is 30.8 Å². The second kappa shape index (κ2) is 8.26. The molecule has 2 amide bonds. The predicted octanol–water partition coefficient (Wildman–Crippen LogP) is 2.85. The number of halogens is 1. The number of urea groups is 1. The maximum atomic E-state index is 13.5. The molecule has 0 aliphatic carbocycles. The maximum Gasteiger partial charge on any atom is 0.324 e. The Bertz CT molecular complexity index is 775. The first-order valence-electron chi connectivity index (χ1n) is 8.66. The van der Waals surface area contributed by atoms with Gasteiger partial charge in [0.25, 0.3) is 0 Å². The van der Waals surface area contributed by atoms with Gasteiger partial charge in [-0.3, -0.25) is 4.90 Å². The number of hydrogen-bond donors (Lipinski definition) is 1. The van der Waals surface area contributed by atoms with Crippen LogP contribution >= 0.6 is 0 Å². The first-order chi connectivity index (χ1) is 12.5. The van der Waals surface area contributed by atoms with Crippen LogP contribution in [0.15, 0.2) is 36.3 Å². The second-order valence-electron chi connectivity index (χ2n) is 6.92. The Hall–Kier alpha value is -2.13.